The Morgan fingerprint density at radius 1 is 1.37 bits per heavy atom. The fraction of sp³-hybridized carbons (Fsp3) is 0.286. The number of hydrogen-bond donors (Lipinski definition) is 0. The van der Waals surface area contributed by atoms with E-state index in [4.69, 9.17) is 9.26 Å². The number of aryl methyl sites for hydroxylation is 1. The number of nitrogens with zero attached hydrogens (tertiary/aromatic N) is 1. The van der Waals surface area contributed by atoms with E-state index in [1.807, 2.05) is 24.3 Å². The summed E-state index contributed by atoms with van der Waals surface area (Å²) < 4.78 is 11.1. The number of rotatable bonds is 4. The normalized spacial score (nSPS) is 10.5. The zero-order valence-electron chi connectivity index (χ0n) is 10.8. The van der Waals surface area contributed by atoms with Crippen molar-refractivity contribution in [3.8, 4) is 0 Å². The van der Waals surface area contributed by atoms with Gasteiger partial charge in [0.2, 0.25) is 0 Å². The van der Waals surface area contributed by atoms with Crippen LogP contribution in [0.2, 0.25) is 0 Å². The minimum atomic E-state index is -0.438. The van der Waals surface area contributed by atoms with Crippen LogP contribution in [0.1, 0.15) is 34.3 Å². The van der Waals surface area contributed by atoms with E-state index < -0.39 is 5.97 Å². The van der Waals surface area contributed by atoms with Crippen molar-refractivity contribution in [2.24, 2.45) is 0 Å². The molecule has 0 saturated carbocycles. The minimum absolute atomic E-state index is 0.266. The molecule has 0 bridgehead atoms. The number of halogens is 1. The van der Waals surface area contributed by atoms with Crippen molar-refractivity contribution in [3.05, 3.63) is 51.3 Å². The second-order valence-electron chi connectivity index (χ2n) is 4.09. The van der Waals surface area contributed by atoms with Crippen molar-refractivity contribution in [3.63, 3.8) is 0 Å². The highest BCUT2D eigenvalue weighted by atomic mass is 79.9. The average Bonchev–Trinajstić information content (AvgIpc) is 2.74. The van der Waals surface area contributed by atoms with Crippen molar-refractivity contribution in [1.29, 1.82) is 0 Å². The molecule has 0 atom stereocenters. The van der Waals surface area contributed by atoms with Gasteiger partial charge in [-0.25, -0.2) is 4.79 Å². The van der Waals surface area contributed by atoms with Gasteiger partial charge in [-0.3, -0.25) is 0 Å². The number of hydrogen-bond acceptors (Lipinski definition) is 4. The fourth-order valence-corrected chi connectivity index (χ4v) is 2.03. The van der Waals surface area contributed by atoms with E-state index in [9.17, 15) is 4.79 Å². The SMILES string of the molecule is CCOC(=O)c1noc(C)c1Cc1ccc(Br)cc1. The number of carbonyl (C=O) groups excluding carboxylic acids is 1. The predicted octanol–water partition coefficient (Wildman–Crippen LogP) is 3.51. The third-order valence-corrected chi connectivity index (χ3v) is 3.28. The summed E-state index contributed by atoms with van der Waals surface area (Å²) in [5, 5.41) is 3.79. The first-order chi connectivity index (χ1) is 9.11. The van der Waals surface area contributed by atoms with Crippen LogP contribution < -0.4 is 0 Å². The van der Waals surface area contributed by atoms with E-state index in [0.29, 0.717) is 18.8 Å². The Labute approximate surface area is 119 Å². The van der Waals surface area contributed by atoms with Crippen LogP contribution in [0, 0.1) is 6.92 Å². The second kappa shape index (κ2) is 6.02. The molecule has 100 valence electrons. The zero-order chi connectivity index (χ0) is 13.8. The molecule has 0 aliphatic rings. The van der Waals surface area contributed by atoms with Gasteiger partial charge in [0.25, 0.3) is 0 Å². The van der Waals surface area contributed by atoms with Gasteiger partial charge in [0.15, 0.2) is 5.69 Å². The number of benzene rings is 1. The van der Waals surface area contributed by atoms with Gasteiger partial charge in [0.05, 0.1) is 6.61 Å². The molecule has 0 unspecified atom stereocenters. The van der Waals surface area contributed by atoms with Crippen LogP contribution in [0.5, 0.6) is 0 Å². The van der Waals surface area contributed by atoms with Gasteiger partial charge < -0.3 is 9.26 Å². The smallest absolute Gasteiger partial charge is 0.360 e. The quantitative estimate of drug-likeness (QED) is 0.808. The molecule has 0 N–H and O–H groups in total. The molecule has 0 aliphatic carbocycles. The van der Waals surface area contributed by atoms with Crippen LogP contribution in [-0.2, 0) is 11.2 Å². The van der Waals surface area contributed by atoms with Gasteiger partial charge >= 0.3 is 5.97 Å². The van der Waals surface area contributed by atoms with Gasteiger partial charge in [-0.15, -0.1) is 0 Å². The number of esters is 1. The summed E-state index contributed by atoms with van der Waals surface area (Å²) in [6.45, 7) is 3.88. The number of ether oxygens (including phenoxy) is 1. The summed E-state index contributed by atoms with van der Waals surface area (Å²) in [5.41, 5.74) is 2.13. The molecule has 1 aromatic carbocycles. The summed E-state index contributed by atoms with van der Waals surface area (Å²) in [6.07, 6.45) is 0.594. The topological polar surface area (TPSA) is 52.3 Å². The monoisotopic (exact) mass is 323 g/mol. The van der Waals surface area contributed by atoms with Crippen molar-refractivity contribution >= 4 is 21.9 Å². The molecule has 0 saturated heterocycles. The van der Waals surface area contributed by atoms with Gasteiger partial charge in [0, 0.05) is 16.5 Å². The molecule has 1 aromatic heterocycles. The molecule has 0 radical (unpaired) electrons. The molecule has 4 nitrogen and oxygen atoms in total. The van der Waals surface area contributed by atoms with E-state index >= 15 is 0 Å². The first-order valence-electron chi connectivity index (χ1n) is 5.98. The van der Waals surface area contributed by atoms with E-state index in [1.165, 1.54) is 0 Å². The Bertz CT molecular complexity index is 575. The Hall–Kier alpha value is -1.62. The molecule has 1 heterocycles. The number of aromatic nitrogens is 1. The third kappa shape index (κ3) is 3.23. The summed E-state index contributed by atoms with van der Waals surface area (Å²) in [6, 6.07) is 7.90. The Morgan fingerprint density at radius 2 is 2.05 bits per heavy atom. The Morgan fingerprint density at radius 3 is 2.68 bits per heavy atom. The first-order valence-corrected chi connectivity index (χ1v) is 6.77. The lowest BCUT2D eigenvalue weighted by molar-refractivity contribution is 0.0513. The molecule has 0 fully saturated rings. The van der Waals surface area contributed by atoms with Gasteiger partial charge in [-0.05, 0) is 31.5 Å². The average molecular weight is 324 g/mol. The fourth-order valence-electron chi connectivity index (χ4n) is 1.77. The number of carbonyl (C=O) groups is 1. The lowest BCUT2D eigenvalue weighted by atomic mass is 10.0. The van der Waals surface area contributed by atoms with Gasteiger partial charge in [0.1, 0.15) is 5.76 Å². The standard InChI is InChI=1S/C14H14BrNO3/c1-3-18-14(17)13-12(9(2)19-16-13)8-10-4-6-11(15)7-5-10/h4-7H,3,8H2,1-2H3. The largest absolute Gasteiger partial charge is 0.461 e. The van der Waals surface area contributed by atoms with Crippen molar-refractivity contribution in [1.82, 2.24) is 5.16 Å². The highest BCUT2D eigenvalue weighted by molar-refractivity contribution is 9.10. The zero-order valence-corrected chi connectivity index (χ0v) is 12.4. The van der Waals surface area contributed by atoms with Gasteiger partial charge in [-0.2, -0.15) is 0 Å². The molecular formula is C14H14BrNO3. The van der Waals surface area contributed by atoms with Crippen LogP contribution in [0.15, 0.2) is 33.3 Å². The summed E-state index contributed by atoms with van der Waals surface area (Å²) in [4.78, 5) is 11.8. The molecule has 0 spiro atoms. The maximum atomic E-state index is 11.8. The third-order valence-electron chi connectivity index (χ3n) is 2.75. The Kier molecular flexibility index (Phi) is 4.37. The van der Waals surface area contributed by atoms with Crippen LogP contribution in [0.3, 0.4) is 0 Å². The van der Waals surface area contributed by atoms with Crippen molar-refractivity contribution in [2.75, 3.05) is 6.61 Å². The first kappa shape index (κ1) is 13.8. The second-order valence-corrected chi connectivity index (χ2v) is 5.01. The molecule has 0 amide bonds. The van der Waals surface area contributed by atoms with E-state index in [2.05, 4.69) is 21.1 Å². The lowest BCUT2D eigenvalue weighted by Crippen LogP contribution is -2.08. The Balaban J connectivity index is 2.26. The molecule has 19 heavy (non-hydrogen) atoms. The van der Waals surface area contributed by atoms with E-state index in [-0.39, 0.29) is 5.69 Å². The van der Waals surface area contributed by atoms with Crippen LogP contribution in [-0.4, -0.2) is 17.7 Å². The van der Waals surface area contributed by atoms with Crippen molar-refractivity contribution in [2.45, 2.75) is 20.3 Å². The lowest BCUT2D eigenvalue weighted by Gasteiger charge is -2.03. The molecule has 5 heteroatoms. The van der Waals surface area contributed by atoms with Crippen LogP contribution in [0.25, 0.3) is 0 Å². The van der Waals surface area contributed by atoms with E-state index in [0.717, 1.165) is 15.6 Å². The van der Waals surface area contributed by atoms with Crippen LogP contribution in [0.4, 0.5) is 0 Å². The maximum Gasteiger partial charge on any atom is 0.360 e. The van der Waals surface area contributed by atoms with Gasteiger partial charge in [-0.1, -0.05) is 33.2 Å². The molecular weight excluding hydrogens is 310 g/mol. The molecule has 0 aliphatic heterocycles. The predicted molar refractivity (Wildman–Crippen MR) is 74.1 cm³/mol. The van der Waals surface area contributed by atoms with Crippen LogP contribution >= 0.6 is 15.9 Å². The molecule has 2 aromatic rings. The highest BCUT2D eigenvalue weighted by Crippen LogP contribution is 2.20. The minimum Gasteiger partial charge on any atom is -0.461 e. The molecule has 2 rings (SSSR count). The van der Waals surface area contributed by atoms with Crippen molar-refractivity contribution < 1.29 is 14.1 Å². The summed E-state index contributed by atoms with van der Waals surface area (Å²) in [7, 11) is 0. The maximum absolute atomic E-state index is 11.8. The highest BCUT2D eigenvalue weighted by Gasteiger charge is 2.20. The van der Waals surface area contributed by atoms with E-state index in [1.54, 1.807) is 13.8 Å². The summed E-state index contributed by atoms with van der Waals surface area (Å²) in [5.74, 6) is 0.206. The summed E-state index contributed by atoms with van der Waals surface area (Å²) >= 11 is 3.39.